The van der Waals surface area contributed by atoms with Crippen molar-refractivity contribution in [1.82, 2.24) is 14.5 Å². The van der Waals surface area contributed by atoms with Gasteiger partial charge in [0, 0.05) is 36.2 Å². The molecule has 2 aromatic heterocycles. The molecule has 0 aliphatic heterocycles. The first-order valence-electron chi connectivity index (χ1n) is 10.6. The molecule has 0 aliphatic rings. The number of carbonyl (C=O) groups excluding carboxylic acids is 1. The van der Waals surface area contributed by atoms with Crippen LogP contribution in [-0.2, 0) is 4.79 Å². The zero-order valence-corrected chi connectivity index (χ0v) is 19.9. The zero-order chi connectivity index (χ0) is 22.7. The number of benzene rings is 1. The van der Waals surface area contributed by atoms with Gasteiger partial charge in [-0.25, -0.2) is 4.98 Å². The van der Waals surface area contributed by atoms with Gasteiger partial charge in [0.25, 0.3) is 5.56 Å². The van der Waals surface area contributed by atoms with E-state index in [0.717, 1.165) is 35.7 Å². The van der Waals surface area contributed by atoms with Crippen LogP contribution in [0.1, 0.15) is 45.0 Å². The molecule has 7 nitrogen and oxygen atoms in total. The fourth-order valence-electron chi connectivity index (χ4n) is 3.64. The molecule has 3 aromatic rings. The summed E-state index contributed by atoms with van der Waals surface area (Å²) in [7, 11) is 0. The fourth-order valence-corrected chi connectivity index (χ4v) is 4.57. The van der Waals surface area contributed by atoms with Gasteiger partial charge in [0.05, 0.1) is 11.3 Å². The van der Waals surface area contributed by atoms with Crippen molar-refractivity contribution in [3.8, 4) is 0 Å². The topological polar surface area (TPSA) is 83.0 Å². The summed E-state index contributed by atoms with van der Waals surface area (Å²) in [5.41, 5.74) is 4.87. The number of anilines is 2. The minimum atomic E-state index is -0.126. The lowest BCUT2D eigenvalue weighted by molar-refractivity contribution is -0.113. The second-order valence-electron chi connectivity index (χ2n) is 7.88. The van der Waals surface area contributed by atoms with Crippen molar-refractivity contribution in [3.05, 3.63) is 45.9 Å². The van der Waals surface area contributed by atoms with Gasteiger partial charge in [-0.05, 0) is 71.4 Å². The number of nitrogens with one attached hydrogen (secondary N) is 2. The minimum absolute atomic E-state index is 0.0616. The lowest BCUT2D eigenvalue weighted by Crippen LogP contribution is -2.26. The molecule has 2 heterocycles. The van der Waals surface area contributed by atoms with E-state index in [1.165, 1.54) is 11.8 Å². The average Bonchev–Trinajstić information content (AvgIpc) is 3.09. The van der Waals surface area contributed by atoms with Gasteiger partial charge >= 0.3 is 0 Å². The molecule has 166 valence electrons. The van der Waals surface area contributed by atoms with Crippen LogP contribution in [-0.4, -0.2) is 39.3 Å². The van der Waals surface area contributed by atoms with E-state index >= 15 is 0 Å². The molecule has 8 heteroatoms. The summed E-state index contributed by atoms with van der Waals surface area (Å²) in [6.45, 7) is 13.9. The summed E-state index contributed by atoms with van der Waals surface area (Å²) in [5, 5.41) is 3.54. The van der Waals surface area contributed by atoms with E-state index in [1.54, 1.807) is 4.57 Å². The van der Waals surface area contributed by atoms with E-state index in [4.69, 9.17) is 0 Å². The Morgan fingerprint density at radius 1 is 1.23 bits per heavy atom. The standard InChI is InChI=1S/C23H31N5O2S/c1-7-27(8-2)17-9-10-18(15(5)11-17)25-20(29)13-31-23-26-19-12-16(6)24-21(19)22(30)28(23)14(3)4/h9-12,14,24H,7-8,13H2,1-6H3,(H,25,29). The van der Waals surface area contributed by atoms with E-state index in [9.17, 15) is 9.59 Å². The highest BCUT2D eigenvalue weighted by atomic mass is 32.2. The maximum Gasteiger partial charge on any atom is 0.278 e. The second-order valence-corrected chi connectivity index (χ2v) is 8.83. The van der Waals surface area contributed by atoms with Crippen LogP contribution in [0.5, 0.6) is 0 Å². The summed E-state index contributed by atoms with van der Waals surface area (Å²) >= 11 is 1.28. The second kappa shape index (κ2) is 9.60. The molecule has 0 aliphatic carbocycles. The van der Waals surface area contributed by atoms with Gasteiger partial charge in [0.1, 0.15) is 5.52 Å². The molecule has 3 rings (SSSR count). The Morgan fingerprint density at radius 2 is 1.94 bits per heavy atom. The highest BCUT2D eigenvalue weighted by Crippen LogP contribution is 2.24. The Labute approximate surface area is 187 Å². The molecule has 0 saturated carbocycles. The molecular weight excluding hydrogens is 410 g/mol. The molecule has 0 spiro atoms. The number of aryl methyl sites for hydroxylation is 2. The smallest absolute Gasteiger partial charge is 0.278 e. The van der Waals surface area contributed by atoms with Gasteiger partial charge < -0.3 is 15.2 Å². The van der Waals surface area contributed by atoms with Crippen molar-refractivity contribution in [1.29, 1.82) is 0 Å². The van der Waals surface area contributed by atoms with Crippen LogP contribution < -0.4 is 15.8 Å². The number of hydrogen-bond acceptors (Lipinski definition) is 5. The third kappa shape index (κ3) is 4.95. The van der Waals surface area contributed by atoms with Crippen molar-refractivity contribution < 1.29 is 4.79 Å². The summed E-state index contributed by atoms with van der Waals surface area (Å²) < 4.78 is 1.64. The van der Waals surface area contributed by atoms with Crippen molar-refractivity contribution in [2.75, 3.05) is 29.1 Å². The molecule has 1 amide bonds. The number of aromatic amines is 1. The van der Waals surface area contributed by atoms with Crippen molar-refractivity contribution in [3.63, 3.8) is 0 Å². The van der Waals surface area contributed by atoms with Crippen LogP contribution in [0, 0.1) is 13.8 Å². The lowest BCUT2D eigenvalue weighted by Gasteiger charge is -2.22. The normalized spacial score (nSPS) is 11.3. The Hall–Kier alpha value is -2.74. The number of amides is 1. The third-order valence-electron chi connectivity index (χ3n) is 5.25. The highest BCUT2D eigenvalue weighted by Gasteiger charge is 2.17. The van der Waals surface area contributed by atoms with Crippen LogP contribution in [0.25, 0.3) is 11.0 Å². The molecule has 0 radical (unpaired) electrons. The number of aromatic nitrogens is 3. The predicted octanol–water partition coefficient (Wildman–Crippen LogP) is 4.50. The lowest BCUT2D eigenvalue weighted by atomic mass is 10.1. The fraction of sp³-hybridized carbons (Fsp3) is 0.435. The molecule has 0 bridgehead atoms. The Bertz CT molecular complexity index is 1140. The van der Waals surface area contributed by atoms with Crippen LogP contribution in [0.2, 0.25) is 0 Å². The number of hydrogen-bond donors (Lipinski definition) is 2. The van der Waals surface area contributed by atoms with Gasteiger partial charge in [0.2, 0.25) is 5.91 Å². The van der Waals surface area contributed by atoms with Crippen LogP contribution in [0.4, 0.5) is 11.4 Å². The zero-order valence-electron chi connectivity index (χ0n) is 19.1. The first kappa shape index (κ1) is 22.9. The molecule has 0 saturated heterocycles. The van der Waals surface area contributed by atoms with E-state index < -0.39 is 0 Å². The Morgan fingerprint density at radius 3 is 2.55 bits per heavy atom. The predicted molar refractivity (Wildman–Crippen MR) is 130 cm³/mol. The van der Waals surface area contributed by atoms with Crippen LogP contribution in [0.3, 0.4) is 0 Å². The monoisotopic (exact) mass is 441 g/mol. The largest absolute Gasteiger partial charge is 0.372 e. The first-order chi connectivity index (χ1) is 14.7. The first-order valence-corrected chi connectivity index (χ1v) is 11.6. The van der Waals surface area contributed by atoms with E-state index in [2.05, 4.69) is 40.1 Å². The SMILES string of the molecule is CCN(CC)c1ccc(NC(=O)CSc2nc3cc(C)[nH]c3c(=O)n2C(C)C)c(C)c1. The summed E-state index contributed by atoms with van der Waals surface area (Å²) in [6, 6.07) is 7.86. The van der Waals surface area contributed by atoms with Gasteiger partial charge in [-0.15, -0.1) is 0 Å². The van der Waals surface area contributed by atoms with Gasteiger partial charge in [0.15, 0.2) is 5.16 Å². The molecule has 2 N–H and O–H groups in total. The number of fused-ring (bicyclic) bond motifs is 1. The highest BCUT2D eigenvalue weighted by molar-refractivity contribution is 7.99. The van der Waals surface area contributed by atoms with Crippen LogP contribution >= 0.6 is 11.8 Å². The number of thioether (sulfide) groups is 1. The number of H-pyrrole nitrogens is 1. The molecule has 0 fully saturated rings. The molecule has 31 heavy (non-hydrogen) atoms. The van der Waals surface area contributed by atoms with E-state index in [-0.39, 0.29) is 23.3 Å². The Balaban J connectivity index is 1.76. The van der Waals surface area contributed by atoms with Crippen LogP contribution in [0.15, 0.2) is 34.2 Å². The van der Waals surface area contributed by atoms with E-state index in [0.29, 0.717) is 16.2 Å². The molecule has 0 unspecified atom stereocenters. The van der Waals surface area contributed by atoms with Crippen molar-refractivity contribution in [2.45, 2.75) is 52.7 Å². The quantitative estimate of drug-likeness (QED) is 0.397. The average molecular weight is 442 g/mol. The minimum Gasteiger partial charge on any atom is -0.372 e. The Kier molecular flexibility index (Phi) is 7.10. The van der Waals surface area contributed by atoms with E-state index in [1.807, 2.05) is 45.9 Å². The van der Waals surface area contributed by atoms with Gasteiger partial charge in [-0.2, -0.15) is 0 Å². The number of carbonyl (C=O) groups is 1. The maximum absolute atomic E-state index is 12.9. The van der Waals surface area contributed by atoms with Crippen molar-refractivity contribution >= 4 is 40.1 Å². The molecule has 0 atom stereocenters. The summed E-state index contributed by atoms with van der Waals surface area (Å²) in [5.74, 6) is 0.0456. The summed E-state index contributed by atoms with van der Waals surface area (Å²) in [4.78, 5) is 35.5. The van der Waals surface area contributed by atoms with Gasteiger partial charge in [-0.3, -0.25) is 14.2 Å². The number of nitrogens with zero attached hydrogens (tertiary/aromatic N) is 3. The van der Waals surface area contributed by atoms with Gasteiger partial charge in [-0.1, -0.05) is 11.8 Å². The number of rotatable bonds is 8. The molecular formula is C23H31N5O2S. The molecule has 1 aromatic carbocycles. The summed E-state index contributed by atoms with van der Waals surface area (Å²) in [6.07, 6.45) is 0. The maximum atomic E-state index is 12.9. The van der Waals surface area contributed by atoms with Crippen molar-refractivity contribution in [2.24, 2.45) is 0 Å². The third-order valence-corrected chi connectivity index (χ3v) is 6.20.